The van der Waals surface area contributed by atoms with Crippen molar-refractivity contribution in [1.29, 1.82) is 0 Å². The maximum Gasteiger partial charge on any atom is 0.260 e. The molecule has 0 aliphatic carbocycles. The Morgan fingerprint density at radius 1 is 1.43 bits per heavy atom. The Balaban J connectivity index is 1.87. The molecule has 1 aliphatic heterocycles. The summed E-state index contributed by atoms with van der Waals surface area (Å²) in [5.74, 6) is -1.38. The molecule has 7 nitrogen and oxygen atoms in total. The van der Waals surface area contributed by atoms with Crippen molar-refractivity contribution in [3.05, 3.63) is 24.4 Å². The number of amides is 3. The number of carbonyl (C=O) groups is 3. The average molecular weight is 306 g/mol. The Hall–Kier alpha value is -2.22. The molecule has 0 fully saturated rings. The number of nitrogens with one attached hydrogen (secondary N) is 2. The highest BCUT2D eigenvalue weighted by atomic mass is 32.2. The third-order valence-corrected chi connectivity index (χ3v) is 3.61. The molecule has 0 saturated carbocycles. The number of pyridine rings is 1. The Morgan fingerprint density at radius 3 is 2.86 bits per heavy atom. The molecule has 1 aromatic rings. The second-order valence-electron chi connectivity index (χ2n) is 4.26. The number of aliphatic imine (C=N–C) groups is 1. The summed E-state index contributed by atoms with van der Waals surface area (Å²) in [6, 6.07) is 5.16. The normalized spacial score (nSPS) is 18.0. The lowest BCUT2D eigenvalue weighted by Gasteiger charge is -2.18. The summed E-state index contributed by atoms with van der Waals surface area (Å²) in [6.07, 6.45) is 1.98. The first kappa shape index (κ1) is 15.2. The van der Waals surface area contributed by atoms with Crippen molar-refractivity contribution in [1.82, 2.24) is 10.3 Å². The summed E-state index contributed by atoms with van der Waals surface area (Å²) in [5.41, 5.74) is 0. The van der Waals surface area contributed by atoms with Gasteiger partial charge in [0.25, 0.3) is 5.91 Å². The third kappa shape index (κ3) is 4.12. The van der Waals surface area contributed by atoms with Crippen LogP contribution in [0.3, 0.4) is 0 Å². The van der Waals surface area contributed by atoms with Crippen LogP contribution in [0.25, 0.3) is 0 Å². The molecule has 2 heterocycles. The molecule has 2 rings (SSSR count). The summed E-state index contributed by atoms with van der Waals surface area (Å²) in [5, 5.41) is 5.28. The van der Waals surface area contributed by atoms with Crippen LogP contribution in [0.5, 0.6) is 0 Å². The number of amidine groups is 1. The smallest absolute Gasteiger partial charge is 0.260 e. The van der Waals surface area contributed by atoms with Gasteiger partial charge in [-0.1, -0.05) is 24.8 Å². The van der Waals surface area contributed by atoms with Gasteiger partial charge in [0.05, 0.1) is 5.75 Å². The van der Waals surface area contributed by atoms with Crippen molar-refractivity contribution in [2.24, 2.45) is 10.9 Å². The fourth-order valence-electron chi connectivity index (χ4n) is 1.69. The van der Waals surface area contributed by atoms with E-state index in [9.17, 15) is 14.4 Å². The lowest BCUT2D eigenvalue weighted by molar-refractivity contribution is -0.133. The molecule has 110 valence electrons. The highest BCUT2D eigenvalue weighted by molar-refractivity contribution is 8.14. The third-order valence-electron chi connectivity index (χ3n) is 2.74. The van der Waals surface area contributed by atoms with Crippen molar-refractivity contribution in [3.63, 3.8) is 0 Å². The molecule has 0 aromatic carbocycles. The summed E-state index contributed by atoms with van der Waals surface area (Å²) >= 11 is 1.00. The molecule has 0 unspecified atom stereocenters. The molecular formula is C13H14N4O3S. The lowest BCUT2D eigenvalue weighted by atomic mass is 10.0. The van der Waals surface area contributed by atoms with E-state index in [1.165, 1.54) is 0 Å². The Labute approximate surface area is 125 Å². The number of carbonyl (C=O) groups excluding carboxylic acids is 3. The van der Waals surface area contributed by atoms with Crippen molar-refractivity contribution >= 4 is 40.5 Å². The quantitative estimate of drug-likeness (QED) is 0.801. The van der Waals surface area contributed by atoms with Gasteiger partial charge in [-0.25, -0.2) is 4.98 Å². The molecule has 8 heteroatoms. The first-order valence-electron chi connectivity index (χ1n) is 6.37. The van der Waals surface area contributed by atoms with E-state index in [-0.39, 0.29) is 22.7 Å². The van der Waals surface area contributed by atoms with Crippen LogP contribution in [0, 0.1) is 5.92 Å². The summed E-state index contributed by atoms with van der Waals surface area (Å²) in [4.78, 5) is 42.7. The maximum absolute atomic E-state index is 11.7. The van der Waals surface area contributed by atoms with Crippen molar-refractivity contribution in [3.8, 4) is 0 Å². The van der Waals surface area contributed by atoms with Gasteiger partial charge in [0, 0.05) is 6.20 Å². The molecule has 3 amide bonds. The minimum Gasteiger partial charge on any atom is -0.310 e. The van der Waals surface area contributed by atoms with E-state index in [0.29, 0.717) is 12.2 Å². The van der Waals surface area contributed by atoms with E-state index >= 15 is 0 Å². The van der Waals surface area contributed by atoms with E-state index in [0.717, 1.165) is 11.8 Å². The van der Waals surface area contributed by atoms with Crippen molar-refractivity contribution < 1.29 is 14.4 Å². The maximum atomic E-state index is 11.7. The molecule has 21 heavy (non-hydrogen) atoms. The predicted molar refractivity (Wildman–Crippen MR) is 79.7 cm³/mol. The molecule has 1 atom stereocenters. The van der Waals surface area contributed by atoms with Gasteiger partial charge >= 0.3 is 0 Å². The molecule has 0 saturated heterocycles. The topological polar surface area (TPSA) is 101 Å². The van der Waals surface area contributed by atoms with Crippen LogP contribution >= 0.6 is 11.8 Å². The molecular weight excluding hydrogens is 292 g/mol. The van der Waals surface area contributed by atoms with E-state index in [1.54, 1.807) is 31.3 Å². The molecule has 1 aromatic heterocycles. The van der Waals surface area contributed by atoms with Crippen LogP contribution in [-0.2, 0) is 14.4 Å². The van der Waals surface area contributed by atoms with E-state index in [1.807, 2.05) is 0 Å². The van der Waals surface area contributed by atoms with Crippen LogP contribution in [-0.4, -0.2) is 33.6 Å². The number of rotatable bonds is 4. The Kier molecular flexibility index (Phi) is 5.04. The SMILES string of the molecule is CC[C@@H]1C(=O)N=C(SCC(=O)Nc2ccccn2)NC1=O. The van der Waals surface area contributed by atoms with Crippen LogP contribution in [0.4, 0.5) is 5.82 Å². The predicted octanol–water partition coefficient (Wildman–Crippen LogP) is 0.792. The molecule has 0 bridgehead atoms. The van der Waals surface area contributed by atoms with Gasteiger partial charge < -0.3 is 10.6 Å². The van der Waals surface area contributed by atoms with E-state index in [2.05, 4.69) is 20.6 Å². The molecule has 0 spiro atoms. The van der Waals surface area contributed by atoms with Crippen LogP contribution in [0.2, 0.25) is 0 Å². The van der Waals surface area contributed by atoms with Gasteiger partial charge in [-0.15, -0.1) is 0 Å². The fourth-order valence-corrected chi connectivity index (χ4v) is 2.36. The molecule has 1 aliphatic rings. The standard InChI is InChI=1S/C13H14N4O3S/c1-2-8-11(19)16-13(17-12(8)20)21-7-10(18)15-9-5-3-4-6-14-9/h3-6,8H,2,7H2,1H3,(H,14,15,18)(H,16,17,19,20). The largest absolute Gasteiger partial charge is 0.310 e. The highest BCUT2D eigenvalue weighted by Crippen LogP contribution is 2.14. The van der Waals surface area contributed by atoms with E-state index in [4.69, 9.17) is 0 Å². The lowest BCUT2D eigenvalue weighted by Crippen LogP contribution is -2.42. The summed E-state index contributed by atoms with van der Waals surface area (Å²) < 4.78 is 0. The molecule has 0 radical (unpaired) electrons. The first-order valence-corrected chi connectivity index (χ1v) is 7.35. The number of hydrogen-bond acceptors (Lipinski definition) is 5. The zero-order valence-corrected chi connectivity index (χ0v) is 12.1. The second-order valence-corrected chi connectivity index (χ2v) is 5.22. The average Bonchev–Trinajstić information content (AvgIpc) is 2.46. The zero-order chi connectivity index (χ0) is 15.2. The van der Waals surface area contributed by atoms with Crippen molar-refractivity contribution in [2.75, 3.05) is 11.1 Å². The van der Waals surface area contributed by atoms with Crippen LogP contribution in [0.15, 0.2) is 29.4 Å². The number of aromatic nitrogens is 1. The van der Waals surface area contributed by atoms with Gasteiger partial charge in [-0.05, 0) is 18.6 Å². The number of nitrogens with zero attached hydrogens (tertiary/aromatic N) is 2. The monoisotopic (exact) mass is 306 g/mol. The van der Waals surface area contributed by atoms with Crippen LogP contribution < -0.4 is 10.6 Å². The highest BCUT2D eigenvalue weighted by Gasteiger charge is 2.30. The summed E-state index contributed by atoms with van der Waals surface area (Å²) in [7, 11) is 0. The zero-order valence-electron chi connectivity index (χ0n) is 11.3. The van der Waals surface area contributed by atoms with Crippen molar-refractivity contribution in [2.45, 2.75) is 13.3 Å². The number of anilines is 1. The number of hydrogen-bond donors (Lipinski definition) is 2. The summed E-state index contributed by atoms with van der Waals surface area (Å²) in [6.45, 7) is 1.75. The number of thioether (sulfide) groups is 1. The Bertz CT molecular complexity index is 588. The minimum atomic E-state index is -0.725. The van der Waals surface area contributed by atoms with Gasteiger partial charge in [0.1, 0.15) is 11.7 Å². The van der Waals surface area contributed by atoms with Crippen LogP contribution in [0.1, 0.15) is 13.3 Å². The minimum absolute atomic E-state index is 0.0275. The van der Waals surface area contributed by atoms with Gasteiger partial charge in [0.2, 0.25) is 11.8 Å². The second kappa shape index (κ2) is 6.98. The van der Waals surface area contributed by atoms with E-state index < -0.39 is 11.8 Å². The molecule has 2 N–H and O–H groups in total. The fraction of sp³-hybridized carbons (Fsp3) is 0.308. The van der Waals surface area contributed by atoms with Gasteiger partial charge in [0.15, 0.2) is 5.17 Å². The Morgan fingerprint density at radius 2 is 2.24 bits per heavy atom. The first-order chi connectivity index (χ1) is 10.1. The van der Waals surface area contributed by atoms with Gasteiger partial charge in [-0.3, -0.25) is 14.4 Å². The van der Waals surface area contributed by atoms with Gasteiger partial charge in [-0.2, -0.15) is 4.99 Å².